The number of benzene rings is 3. The highest BCUT2D eigenvalue weighted by Crippen LogP contribution is 2.26. The van der Waals surface area contributed by atoms with E-state index in [1.165, 1.54) is 63.8 Å². The van der Waals surface area contributed by atoms with Gasteiger partial charge in [-0.2, -0.15) is 0 Å². The molecule has 0 saturated carbocycles. The molecule has 3 aromatic rings. The second kappa shape index (κ2) is 10.7. The predicted molar refractivity (Wildman–Crippen MR) is 127 cm³/mol. The average molecular weight is 499 g/mol. The van der Waals surface area contributed by atoms with Gasteiger partial charge in [0.2, 0.25) is 0 Å². The fraction of sp³-hybridized carbons (Fsp3) is 0.125. The number of hydrogen-bond acceptors (Lipinski definition) is 8. The third-order valence-electron chi connectivity index (χ3n) is 4.81. The quantitative estimate of drug-likeness (QED) is 0.451. The normalized spacial score (nSPS) is 10.7. The fourth-order valence-electron chi connectivity index (χ4n) is 3.09. The van der Waals surface area contributed by atoms with Crippen LogP contribution in [0.5, 0.6) is 5.75 Å². The van der Waals surface area contributed by atoms with Crippen molar-refractivity contribution in [2.75, 3.05) is 31.4 Å². The molecule has 3 aromatic carbocycles. The number of ether oxygens (including phenoxy) is 3. The summed E-state index contributed by atoms with van der Waals surface area (Å²) in [5, 5.41) is 2.57. The minimum absolute atomic E-state index is 0.0366. The van der Waals surface area contributed by atoms with E-state index in [2.05, 4.69) is 19.5 Å². The Hall–Kier alpha value is -4.38. The Morgan fingerprint density at radius 3 is 1.86 bits per heavy atom. The van der Waals surface area contributed by atoms with E-state index in [1.54, 1.807) is 24.3 Å². The van der Waals surface area contributed by atoms with E-state index < -0.39 is 27.9 Å². The number of rotatable bonds is 8. The van der Waals surface area contributed by atoms with Crippen molar-refractivity contribution in [1.82, 2.24) is 0 Å². The van der Waals surface area contributed by atoms with Crippen molar-refractivity contribution in [3.8, 4) is 5.75 Å². The highest BCUT2D eigenvalue weighted by Gasteiger charge is 2.18. The van der Waals surface area contributed by atoms with Crippen molar-refractivity contribution < 1.29 is 37.0 Å². The molecule has 0 unspecified atom stereocenters. The van der Waals surface area contributed by atoms with Gasteiger partial charge in [-0.05, 0) is 54.6 Å². The molecule has 0 spiro atoms. The Bertz CT molecular complexity index is 1330. The number of esters is 2. The molecule has 0 aliphatic carbocycles. The minimum Gasteiger partial charge on any atom is -0.495 e. The number of sulfonamides is 1. The average Bonchev–Trinajstić information content (AvgIpc) is 2.87. The molecule has 2 N–H and O–H groups in total. The lowest BCUT2D eigenvalue weighted by molar-refractivity contribution is 0.0598. The summed E-state index contributed by atoms with van der Waals surface area (Å²) in [6.07, 6.45) is 0. The van der Waals surface area contributed by atoms with Crippen LogP contribution < -0.4 is 14.8 Å². The van der Waals surface area contributed by atoms with E-state index in [-0.39, 0.29) is 33.0 Å². The van der Waals surface area contributed by atoms with E-state index >= 15 is 0 Å². The summed E-state index contributed by atoms with van der Waals surface area (Å²) in [5.41, 5.74) is 0.630. The number of para-hydroxylation sites is 2. The van der Waals surface area contributed by atoms with E-state index in [0.717, 1.165) is 0 Å². The van der Waals surface area contributed by atoms with Gasteiger partial charge in [0.25, 0.3) is 15.9 Å². The van der Waals surface area contributed by atoms with Gasteiger partial charge in [0, 0.05) is 11.3 Å². The molecule has 0 radical (unpaired) electrons. The molecule has 0 atom stereocenters. The Morgan fingerprint density at radius 2 is 1.31 bits per heavy atom. The third kappa shape index (κ3) is 5.95. The molecule has 0 heterocycles. The van der Waals surface area contributed by atoms with E-state index in [4.69, 9.17) is 4.74 Å². The molecule has 1 amide bonds. The zero-order valence-corrected chi connectivity index (χ0v) is 19.8. The Balaban J connectivity index is 1.82. The fourth-order valence-corrected chi connectivity index (χ4v) is 4.16. The van der Waals surface area contributed by atoms with Gasteiger partial charge in [0.1, 0.15) is 5.75 Å². The molecule has 0 saturated heterocycles. The molecular formula is C24H22N2O8S. The van der Waals surface area contributed by atoms with Gasteiger partial charge in [0.05, 0.1) is 43.0 Å². The number of anilines is 2. The first kappa shape index (κ1) is 25.2. The highest BCUT2D eigenvalue weighted by atomic mass is 32.2. The van der Waals surface area contributed by atoms with Crippen LogP contribution in [-0.4, -0.2) is 47.6 Å². The molecule has 0 bridgehead atoms. The van der Waals surface area contributed by atoms with Crippen molar-refractivity contribution in [2.45, 2.75) is 4.90 Å². The molecule has 0 fully saturated rings. The first-order valence-electron chi connectivity index (χ1n) is 10.1. The van der Waals surface area contributed by atoms with E-state index in [9.17, 15) is 22.8 Å². The molecule has 35 heavy (non-hydrogen) atoms. The number of hydrogen-bond donors (Lipinski definition) is 2. The van der Waals surface area contributed by atoms with E-state index in [0.29, 0.717) is 5.75 Å². The molecule has 0 aliphatic heterocycles. The summed E-state index contributed by atoms with van der Waals surface area (Å²) >= 11 is 0. The highest BCUT2D eigenvalue weighted by molar-refractivity contribution is 7.92. The zero-order valence-electron chi connectivity index (χ0n) is 19.0. The molecule has 3 rings (SSSR count). The number of amides is 1. The predicted octanol–water partition coefficient (Wildman–Crippen LogP) is 3.32. The zero-order chi connectivity index (χ0) is 25.6. The smallest absolute Gasteiger partial charge is 0.337 e. The van der Waals surface area contributed by atoms with E-state index in [1.807, 2.05) is 0 Å². The molecule has 0 aromatic heterocycles. The van der Waals surface area contributed by atoms with Crippen molar-refractivity contribution in [1.29, 1.82) is 0 Å². The van der Waals surface area contributed by atoms with Crippen molar-refractivity contribution >= 4 is 39.2 Å². The van der Waals surface area contributed by atoms with Crippen LogP contribution in [0.1, 0.15) is 31.1 Å². The van der Waals surface area contributed by atoms with Gasteiger partial charge >= 0.3 is 11.9 Å². The lowest BCUT2D eigenvalue weighted by Gasteiger charge is -2.12. The standard InChI is InChI=1S/C24H22N2O8S/c1-32-21-7-5-4-6-20(21)26-35(30,31)19-10-8-15(9-11-19)22(27)25-18-13-16(23(28)33-2)12-17(14-18)24(29)34-3/h4-14,26H,1-3H3,(H,25,27). The number of carbonyl (C=O) groups is 3. The summed E-state index contributed by atoms with van der Waals surface area (Å²) in [7, 11) is -0.153. The Morgan fingerprint density at radius 1 is 0.743 bits per heavy atom. The Labute approximate surface area is 201 Å². The van der Waals surface area contributed by atoms with Crippen LogP contribution in [0.25, 0.3) is 0 Å². The van der Waals surface area contributed by atoms with Crippen LogP contribution in [-0.2, 0) is 19.5 Å². The first-order chi connectivity index (χ1) is 16.7. The van der Waals surface area contributed by atoms with Gasteiger partial charge in [-0.15, -0.1) is 0 Å². The summed E-state index contributed by atoms with van der Waals surface area (Å²) < 4.78 is 42.5. The van der Waals surface area contributed by atoms with Crippen LogP contribution in [0.3, 0.4) is 0 Å². The second-order valence-electron chi connectivity index (χ2n) is 7.07. The van der Waals surface area contributed by atoms with Crippen LogP contribution in [0, 0.1) is 0 Å². The lowest BCUT2D eigenvalue weighted by Crippen LogP contribution is -2.16. The molecule has 0 aliphatic rings. The first-order valence-corrected chi connectivity index (χ1v) is 11.6. The number of carbonyl (C=O) groups excluding carboxylic acids is 3. The van der Waals surface area contributed by atoms with Gasteiger partial charge in [-0.25, -0.2) is 18.0 Å². The van der Waals surface area contributed by atoms with Crippen LogP contribution in [0.4, 0.5) is 11.4 Å². The maximum absolute atomic E-state index is 12.7. The number of nitrogens with one attached hydrogen (secondary N) is 2. The van der Waals surface area contributed by atoms with Crippen molar-refractivity contribution in [2.24, 2.45) is 0 Å². The maximum atomic E-state index is 12.7. The van der Waals surface area contributed by atoms with Gasteiger partial charge in [-0.1, -0.05) is 12.1 Å². The maximum Gasteiger partial charge on any atom is 0.337 e. The third-order valence-corrected chi connectivity index (χ3v) is 6.19. The lowest BCUT2D eigenvalue weighted by atomic mass is 10.1. The summed E-state index contributed by atoms with van der Waals surface area (Å²) in [6, 6.07) is 15.7. The van der Waals surface area contributed by atoms with Gasteiger partial charge < -0.3 is 19.5 Å². The monoisotopic (exact) mass is 498 g/mol. The largest absolute Gasteiger partial charge is 0.495 e. The Kier molecular flexibility index (Phi) is 7.72. The molecule has 11 heteroatoms. The topological polar surface area (TPSA) is 137 Å². The van der Waals surface area contributed by atoms with Crippen molar-refractivity contribution in [3.05, 3.63) is 83.4 Å². The van der Waals surface area contributed by atoms with Crippen LogP contribution in [0.15, 0.2) is 71.6 Å². The second-order valence-corrected chi connectivity index (χ2v) is 8.75. The van der Waals surface area contributed by atoms with Gasteiger partial charge in [-0.3, -0.25) is 9.52 Å². The summed E-state index contributed by atoms with van der Waals surface area (Å²) in [6.45, 7) is 0. The molecule has 182 valence electrons. The number of methoxy groups -OCH3 is 3. The van der Waals surface area contributed by atoms with Gasteiger partial charge in [0.15, 0.2) is 0 Å². The summed E-state index contributed by atoms with van der Waals surface area (Å²) in [4.78, 5) is 36.5. The van der Waals surface area contributed by atoms with Crippen molar-refractivity contribution in [3.63, 3.8) is 0 Å². The SMILES string of the molecule is COC(=O)c1cc(NC(=O)c2ccc(S(=O)(=O)Nc3ccccc3OC)cc2)cc(C(=O)OC)c1. The van der Waals surface area contributed by atoms with Crippen LogP contribution >= 0.6 is 0 Å². The minimum atomic E-state index is -3.95. The molecule has 10 nitrogen and oxygen atoms in total. The molecular weight excluding hydrogens is 476 g/mol. The van der Waals surface area contributed by atoms with Crippen LogP contribution in [0.2, 0.25) is 0 Å². The summed E-state index contributed by atoms with van der Waals surface area (Å²) in [5.74, 6) is -1.65.